The number of carbonyl (C=O) groups is 1. The molecule has 10 heteroatoms. The second-order valence-electron chi connectivity index (χ2n) is 10.5. The first-order valence-corrected chi connectivity index (χ1v) is 13.2. The molecule has 3 aromatic rings. The van der Waals surface area contributed by atoms with Crippen LogP contribution in [0.2, 0.25) is 0 Å². The van der Waals surface area contributed by atoms with Gasteiger partial charge in [0.25, 0.3) is 5.92 Å². The van der Waals surface area contributed by atoms with E-state index >= 15 is 0 Å². The van der Waals surface area contributed by atoms with E-state index in [-0.39, 0.29) is 43.6 Å². The molecule has 0 spiro atoms. The third kappa shape index (κ3) is 5.78. The monoisotopic (exact) mass is 556 g/mol. The van der Waals surface area contributed by atoms with Gasteiger partial charge in [-0.1, -0.05) is 30.3 Å². The minimum Gasteiger partial charge on any atom is -0.485 e. The molecule has 40 heavy (non-hydrogen) atoms. The molecule has 2 N–H and O–H groups in total. The number of carboxylic acid groups (broad SMARTS) is 1. The van der Waals surface area contributed by atoms with Crippen LogP contribution in [0.15, 0.2) is 48.7 Å². The predicted octanol–water partition coefficient (Wildman–Crippen LogP) is 5.56. The van der Waals surface area contributed by atoms with Gasteiger partial charge >= 0.3 is 5.97 Å². The van der Waals surface area contributed by atoms with Gasteiger partial charge in [0, 0.05) is 31.1 Å². The number of likely N-dealkylation sites (tertiary alicyclic amines) is 1. The van der Waals surface area contributed by atoms with Crippen LogP contribution in [-0.2, 0) is 17.8 Å². The van der Waals surface area contributed by atoms with Crippen molar-refractivity contribution in [3.8, 4) is 22.8 Å². The minimum absolute atomic E-state index is 0.204. The van der Waals surface area contributed by atoms with Crippen LogP contribution in [0.25, 0.3) is 11.1 Å². The first-order chi connectivity index (χ1) is 19.0. The standard InChI is InChI=1S/C30H31F3N2O5/c1-17(29(37)38)28(36)20-4-3-18-6-8-25(40-26(18)12-20)19-5-7-22(23-13-27(39-2)34-14-24(23)31)21(11-19)15-35-10-9-30(32,33)16-35/h3-5,7,11-14,17,25,28,36H,6,8-10,15-16H2,1-2H3,(H,37,38)/t17-,25?,28+/m0/s1. The van der Waals surface area contributed by atoms with Gasteiger partial charge in [-0.05, 0) is 53.6 Å². The summed E-state index contributed by atoms with van der Waals surface area (Å²) in [5.74, 6) is -4.61. The molecule has 3 atom stereocenters. The quantitative estimate of drug-likeness (QED) is 0.376. The van der Waals surface area contributed by atoms with Gasteiger partial charge < -0.3 is 19.7 Å². The number of carboxylic acids is 1. The summed E-state index contributed by atoms with van der Waals surface area (Å²) in [6.45, 7) is 1.50. The van der Waals surface area contributed by atoms with Crippen LogP contribution >= 0.6 is 0 Å². The molecule has 2 aromatic carbocycles. The number of benzene rings is 2. The maximum absolute atomic E-state index is 14.9. The van der Waals surface area contributed by atoms with Crippen LogP contribution in [0.5, 0.6) is 11.6 Å². The highest BCUT2D eigenvalue weighted by Gasteiger charge is 2.38. The van der Waals surface area contributed by atoms with Crippen molar-refractivity contribution in [2.45, 2.75) is 50.9 Å². The molecular formula is C30H31F3N2O5. The highest BCUT2D eigenvalue weighted by molar-refractivity contribution is 5.71. The van der Waals surface area contributed by atoms with Crippen LogP contribution < -0.4 is 9.47 Å². The Morgan fingerprint density at radius 2 is 2.02 bits per heavy atom. The van der Waals surface area contributed by atoms with Crippen molar-refractivity contribution in [1.82, 2.24) is 9.88 Å². The third-order valence-electron chi connectivity index (χ3n) is 7.71. The molecule has 1 aromatic heterocycles. The number of methoxy groups -OCH3 is 1. The number of aryl methyl sites for hydroxylation is 1. The number of halogens is 3. The van der Waals surface area contributed by atoms with Crippen molar-refractivity contribution in [1.29, 1.82) is 0 Å². The van der Waals surface area contributed by atoms with Gasteiger partial charge in [0.2, 0.25) is 5.88 Å². The number of aliphatic hydroxyl groups excluding tert-OH is 1. The fourth-order valence-electron chi connectivity index (χ4n) is 5.36. The Morgan fingerprint density at radius 1 is 1.23 bits per heavy atom. The van der Waals surface area contributed by atoms with Crippen molar-refractivity contribution < 1.29 is 37.7 Å². The van der Waals surface area contributed by atoms with E-state index in [1.54, 1.807) is 23.1 Å². The summed E-state index contributed by atoms with van der Waals surface area (Å²) in [5.41, 5.74) is 3.69. The van der Waals surface area contributed by atoms with Crippen LogP contribution in [0.4, 0.5) is 13.2 Å². The normalized spacial score (nSPS) is 19.9. The number of alkyl halides is 2. The van der Waals surface area contributed by atoms with Crippen molar-refractivity contribution in [3.05, 3.63) is 76.7 Å². The van der Waals surface area contributed by atoms with Gasteiger partial charge in [0.1, 0.15) is 17.7 Å². The van der Waals surface area contributed by atoms with E-state index in [1.165, 1.54) is 20.1 Å². The topological polar surface area (TPSA) is 92.1 Å². The Balaban J connectivity index is 1.47. The summed E-state index contributed by atoms with van der Waals surface area (Å²) in [6.07, 6.45) is 0.629. The third-order valence-corrected chi connectivity index (χ3v) is 7.71. The van der Waals surface area contributed by atoms with Gasteiger partial charge in [0.15, 0.2) is 0 Å². The van der Waals surface area contributed by atoms with E-state index in [0.29, 0.717) is 35.3 Å². The Hall–Kier alpha value is -3.63. The Labute approximate surface area is 230 Å². The molecule has 5 rings (SSSR count). The molecule has 2 aliphatic heterocycles. The molecule has 1 unspecified atom stereocenters. The fraction of sp³-hybridized carbons (Fsp3) is 0.400. The second-order valence-corrected chi connectivity index (χ2v) is 10.5. The Kier molecular flexibility index (Phi) is 7.74. The van der Waals surface area contributed by atoms with E-state index in [9.17, 15) is 28.2 Å². The first-order valence-electron chi connectivity index (χ1n) is 13.2. The summed E-state index contributed by atoms with van der Waals surface area (Å²) < 4.78 is 54.4. The number of rotatable bonds is 8. The number of aliphatic carboxylic acids is 1. The Morgan fingerprint density at radius 3 is 2.73 bits per heavy atom. The summed E-state index contributed by atoms with van der Waals surface area (Å²) >= 11 is 0. The SMILES string of the molecule is COc1cc(-c2ccc(C3CCc4ccc([C@H](O)[C@H](C)C(=O)O)cc4O3)cc2CN2CCC(F)(F)C2)c(F)cn1. The molecule has 0 radical (unpaired) electrons. The number of aromatic nitrogens is 1. The van der Waals surface area contributed by atoms with E-state index in [2.05, 4.69) is 4.98 Å². The predicted molar refractivity (Wildman–Crippen MR) is 141 cm³/mol. The zero-order valence-corrected chi connectivity index (χ0v) is 22.2. The van der Waals surface area contributed by atoms with E-state index in [1.807, 2.05) is 18.2 Å². The summed E-state index contributed by atoms with van der Waals surface area (Å²) in [5, 5.41) is 19.8. The summed E-state index contributed by atoms with van der Waals surface area (Å²) in [6, 6.07) is 12.2. The molecule has 0 bridgehead atoms. The fourth-order valence-corrected chi connectivity index (χ4v) is 5.36. The van der Waals surface area contributed by atoms with E-state index < -0.39 is 29.7 Å². The second kappa shape index (κ2) is 11.1. The molecule has 212 valence electrons. The van der Waals surface area contributed by atoms with Crippen molar-refractivity contribution >= 4 is 5.97 Å². The molecule has 0 saturated carbocycles. The minimum atomic E-state index is -2.76. The lowest BCUT2D eigenvalue weighted by Crippen LogP contribution is -2.25. The zero-order valence-electron chi connectivity index (χ0n) is 22.2. The average Bonchev–Trinajstić information content (AvgIpc) is 3.29. The molecule has 2 aliphatic rings. The summed E-state index contributed by atoms with van der Waals surface area (Å²) in [7, 11) is 1.44. The molecular weight excluding hydrogens is 525 g/mol. The molecule has 0 amide bonds. The first kappa shape index (κ1) is 27.9. The number of aliphatic hydroxyl groups is 1. The molecule has 1 saturated heterocycles. The van der Waals surface area contributed by atoms with Crippen molar-refractivity contribution in [3.63, 3.8) is 0 Å². The molecule has 1 fully saturated rings. The number of pyridine rings is 1. The van der Waals surface area contributed by atoms with Gasteiger partial charge in [-0.2, -0.15) is 0 Å². The largest absolute Gasteiger partial charge is 0.485 e. The lowest BCUT2D eigenvalue weighted by atomic mass is 9.91. The maximum Gasteiger partial charge on any atom is 0.309 e. The van der Waals surface area contributed by atoms with E-state index in [0.717, 1.165) is 17.3 Å². The number of nitrogens with zero attached hydrogens (tertiary/aromatic N) is 2. The lowest BCUT2D eigenvalue weighted by molar-refractivity contribution is -0.145. The smallest absolute Gasteiger partial charge is 0.309 e. The van der Waals surface area contributed by atoms with E-state index in [4.69, 9.17) is 9.47 Å². The highest BCUT2D eigenvalue weighted by atomic mass is 19.3. The van der Waals surface area contributed by atoms with Crippen molar-refractivity contribution in [2.75, 3.05) is 20.2 Å². The zero-order chi connectivity index (χ0) is 28.6. The van der Waals surface area contributed by atoms with Crippen LogP contribution in [0.1, 0.15) is 54.2 Å². The maximum atomic E-state index is 14.9. The van der Waals surface area contributed by atoms with Gasteiger partial charge in [-0.3, -0.25) is 9.69 Å². The Bertz CT molecular complexity index is 1420. The number of fused-ring (bicyclic) bond motifs is 1. The lowest BCUT2D eigenvalue weighted by Gasteiger charge is -2.29. The van der Waals surface area contributed by atoms with Gasteiger partial charge in [0.05, 0.1) is 31.9 Å². The average molecular weight is 557 g/mol. The number of ether oxygens (including phenoxy) is 2. The molecule has 3 heterocycles. The number of hydrogen-bond donors (Lipinski definition) is 2. The van der Waals surface area contributed by atoms with Crippen LogP contribution in [-0.4, -0.2) is 52.2 Å². The molecule has 0 aliphatic carbocycles. The molecule has 7 nitrogen and oxygen atoms in total. The van der Waals surface area contributed by atoms with Gasteiger partial charge in [-0.15, -0.1) is 0 Å². The number of hydrogen-bond acceptors (Lipinski definition) is 6. The van der Waals surface area contributed by atoms with Crippen molar-refractivity contribution in [2.24, 2.45) is 5.92 Å². The summed E-state index contributed by atoms with van der Waals surface area (Å²) in [4.78, 5) is 16.9. The van der Waals surface area contributed by atoms with Crippen LogP contribution in [0.3, 0.4) is 0 Å². The van der Waals surface area contributed by atoms with Gasteiger partial charge in [-0.25, -0.2) is 18.2 Å². The highest BCUT2D eigenvalue weighted by Crippen LogP contribution is 2.40. The van der Waals surface area contributed by atoms with Crippen LogP contribution in [0, 0.1) is 11.7 Å².